The molecule has 1 atom stereocenters. The Kier molecular flexibility index (Phi) is 5.38. The zero-order valence-corrected chi connectivity index (χ0v) is 13.1. The Bertz CT molecular complexity index is 422. The number of anilines is 1. The second-order valence-corrected chi connectivity index (χ2v) is 5.99. The Labute approximate surface area is 123 Å². The minimum absolute atomic E-state index is 0.194. The highest BCUT2D eigenvalue weighted by molar-refractivity contribution is 5.47. The van der Waals surface area contributed by atoms with Crippen LogP contribution in [0.1, 0.15) is 31.4 Å². The molecule has 1 fully saturated rings. The lowest BCUT2D eigenvalue weighted by Crippen LogP contribution is -2.47. The second kappa shape index (κ2) is 7.04. The number of hydrogen-bond donors (Lipinski definition) is 1. The maximum atomic E-state index is 5.86. The van der Waals surface area contributed by atoms with Crippen LogP contribution >= 0.6 is 0 Å². The molecular weight excluding hydrogens is 248 g/mol. The summed E-state index contributed by atoms with van der Waals surface area (Å²) in [6.45, 7) is 12.1. The third kappa shape index (κ3) is 3.93. The molecule has 1 aliphatic rings. The summed E-state index contributed by atoms with van der Waals surface area (Å²) in [5.41, 5.74) is 8.37. The molecule has 4 nitrogen and oxygen atoms in total. The van der Waals surface area contributed by atoms with Gasteiger partial charge in [0, 0.05) is 38.4 Å². The molecule has 4 heteroatoms. The van der Waals surface area contributed by atoms with Crippen LogP contribution in [-0.2, 0) is 6.42 Å². The van der Waals surface area contributed by atoms with Crippen molar-refractivity contribution in [3.8, 4) is 0 Å². The number of pyridine rings is 1. The van der Waals surface area contributed by atoms with Gasteiger partial charge in [-0.1, -0.05) is 13.0 Å². The summed E-state index contributed by atoms with van der Waals surface area (Å²) in [5.74, 6) is 1.15. The molecule has 1 aromatic heterocycles. The van der Waals surface area contributed by atoms with E-state index < -0.39 is 0 Å². The summed E-state index contributed by atoms with van der Waals surface area (Å²) in [6, 6.07) is 2.43. The highest BCUT2D eigenvalue weighted by atomic mass is 15.3. The first-order valence-electron chi connectivity index (χ1n) is 7.78. The first-order valence-corrected chi connectivity index (χ1v) is 7.78. The van der Waals surface area contributed by atoms with Gasteiger partial charge in [0.25, 0.3) is 0 Å². The summed E-state index contributed by atoms with van der Waals surface area (Å²) in [6.07, 6.45) is 4.13. The number of hydrogen-bond acceptors (Lipinski definition) is 4. The Hall–Kier alpha value is -1.13. The molecule has 0 aromatic carbocycles. The molecule has 112 valence electrons. The number of nitrogens with two attached hydrogens (primary N) is 1. The zero-order valence-electron chi connectivity index (χ0n) is 13.1. The van der Waals surface area contributed by atoms with Crippen LogP contribution < -0.4 is 10.6 Å². The van der Waals surface area contributed by atoms with Crippen LogP contribution in [0.25, 0.3) is 0 Å². The van der Waals surface area contributed by atoms with Gasteiger partial charge in [-0.05, 0) is 44.4 Å². The standard InChI is InChI=1S/C16H28N4/c1-4-5-19-6-8-20(9-7-19)16-13(2)10-15(12-18-16)11-14(3)17/h10,12,14H,4-9,11,17H2,1-3H3. The van der Waals surface area contributed by atoms with E-state index in [2.05, 4.69) is 34.7 Å². The number of aromatic nitrogens is 1. The van der Waals surface area contributed by atoms with E-state index in [0.717, 1.165) is 38.4 Å². The molecule has 0 spiro atoms. The normalized spacial score (nSPS) is 18.3. The van der Waals surface area contributed by atoms with Crippen molar-refractivity contribution in [2.45, 2.75) is 39.7 Å². The molecule has 0 bridgehead atoms. The predicted molar refractivity (Wildman–Crippen MR) is 85.3 cm³/mol. The third-order valence-electron chi connectivity index (χ3n) is 3.88. The molecule has 2 heterocycles. The Morgan fingerprint density at radius 2 is 2.00 bits per heavy atom. The van der Waals surface area contributed by atoms with Crippen molar-refractivity contribution in [2.24, 2.45) is 5.73 Å². The maximum absolute atomic E-state index is 5.86. The van der Waals surface area contributed by atoms with Crippen LogP contribution in [0.4, 0.5) is 5.82 Å². The lowest BCUT2D eigenvalue weighted by Gasteiger charge is -2.36. The average molecular weight is 276 g/mol. The van der Waals surface area contributed by atoms with Crippen molar-refractivity contribution >= 4 is 5.82 Å². The number of aryl methyl sites for hydroxylation is 1. The summed E-state index contributed by atoms with van der Waals surface area (Å²) in [4.78, 5) is 9.63. The Morgan fingerprint density at radius 1 is 1.30 bits per heavy atom. The van der Waals surface area contributed by atoms with E-state index in [1.54, 1.807) is 0 Å². The molecule has 20 heavy (non-hydrogen) atoms. The van der Waals surface area contributed by atoms with Gasteiger partial charge in [0.15, 0.2) is 0 Å². The lowest BCUT2D eigenvalue weighted by atomic mass is 10.1. The van der Waals surface area contributed by atoms with E-state index in [1.807, 2.05) is 13.1 Å². The summed E-state index contributed by atoms with van der Waals surface area (Å²) in [7, 11) is 0. The number of nitrogens with zero attached hydrogens (tertiary/aromatic N) is 3. The fraction of sp³-hybridized carbons (Fsp3) is 0.688. The first kappa shape index (κ1) is 15.3. The Morgan fingerprint density at radius 3 is 2.55 bits per heavy atom. The average Bonchev–Trinajstić information content (AvgIpc) is 2.40. The van der Waals surface area contributed by atoms with Crippen molar-refractivity contribution in [1.82, 2.24) is 9.88 Å². The minimum atomic E-state index is 0.194. The van der Waals surface area contributed by atoms with Gasteiger partial charge in [-0.25, -0.2) is 4.98 Å². The fourth-order valence-electron chi connectivity index (χ4n) is 2.94. The van der Waals surface area contributed by atoms with Gasteiger partial charge in [-0.3, -0.25) is 4.90 Å². The molecule has 1 aliphatic heterocycles. The SMILES string of the molecule is CCCN1CCN(c2ncc(CC(C)N)cc2C)CC1. The van der Waals surface area contributed by atoms with Crippen molar-refractivity contribution in [3.05, 3.63) is 23.4 Å². The van der Waals surface area contributed by atoms with E-state index in [4.69, 9.17) is 5.73 Å². The van der Waals surface area contributed by atoms with Crippen molar-refractivity contribution < 1.29 is 0 Å². The van der Waals surface area contributed by atoms with Gasteiger partial charge in [-0.2, -0.15) is 0 Å². The second-order valence-electron chi connectivity index (χ2n) is 5.99. The highest BCUT2D eigenvalue weighted by Crippen LogP contribution is 2.20. The number of piperazine rings is 1. The van der Waals surface area contributed by atoms with Crippen molar-refractivity contribution in [1.29, 1.82) is 0 Å². The van der Waals surface area contributed by atoms with E-state index in [1.165, 1.54) is 24.1 Å². The van der Waals surface area contributed by atoms with Crippen LogP contribution in [-0.4, -0.2) is 48.6 Å². The predicted octanol–water partition coefficient (Wildman–Crippen LogP) is 1.81. The van der Waals surface area contributed by atoms with Gasteiger partial charge in [0.05, 0.1) is 0 Å². The fourth-order valence-corrected chi connectivity index (χ4v) is 2.94. The van der Waals surface area contributed by atoms with Crippen molar-refractivity contribution in [3.63, 3.8) is 0 Å². The third-order valence-corrected chi connectivity index (χ3v) is 3.88. The van der Waals surface area contributed by atoms with Crippen LogP contribution in [0, 0.1) is 6.92 Å². The van der Waals surface area contributed by atoms with E-state index in [0.29, 0.717) is 0 Å². The maximum Gasteiger partial charge on any atom is 0.131 e. The summed E-state index contributed by atoms with van der Waals surface area (Å²) >= 11 is 0. The van der Waals surface area contributed by atoms with Gasteiger partial charge in [0.1, 0.15) is 5.82 Å². The molecule has 2 rings (SSSR count). The molecule has 0 amide bonds. The highest BCUT2D eigenvalue weighted by Gasteiger charge is 2.18. The van der Waals surface area contributed by atoms with Crippen LogP contribution in [0.2, 0.25) is 0 Å². The van der Waals surface area contributed by atoms with Gasteiger partial charge in [0.2, 0.25) is 0 Å². The topological polar surface area (TPSA) is 45.4 Å². The zero-order chi connectivity index (χ0) is 14.5. The molecule has 2 N–H and O–H groups in total. The molecule has 1 saturated heterocycles. The van der Waals surface area contributed by atoms with Gasteiger partial charge >= 0.3 is 0 Å². The van der Waals surface area contributed by atoms with E-state index in [-0.39, 0.29) is 6.04 Å². The van der Waals surface area contributed by atoms with Gasteiger partial charge in [-0.15, -0.1) is 0 Å². The minimum Gasteiger partial charge on any atom is -0.354 e. The van der Waals surface area contributed by atoms with Crippen LogP contribution in [0.5, 0.6) is 0 Å². The largest absolute Gasteiger partial charge is 0.354 e. The molecule has 0 aliphatic carbocycles. The van der Waals surface area contributed by atoms with Crippen molar-refractivity contribution in [2.75, 3.05) is 37.6 Å². The molecule has 1 aromatic rings. The molecule has 0 radical (unpaired) electrons. The molecule has 0 saturated carbocycles. The molecule has 1 unspecified atom stereocenters. The quantitative estimate of drug-likeness (QED) is 0.891. The smallest absolute Gasteiger partial charge is 0.131 e. The monoisotopic (exact) mass is 276 g/mol. The summed E-state index contributed by atoms with van der Waals surface area (Å²) < 4.78 is 0. The van der Waals surface area contributed by atoms with E-state index >= 15 is 0 Å². The lowest BCUT2D eigenvalue weighted by molar-refractivity contribution is 0.258. The van der Waals surface area contributed by atoms with Crippen LogP contribution in [0.15, 0.2) is 12.3 Å². The van der Waals surface area contributed by atoms with Crippen LogP contribution in [0.3, 0.4) is 0 Å². The Balaban J connectivity index is 1.99. The number of rotatable bonds is 5. The molecular formula is C16H28N4. The van der Waals surface area contributed by atoms with Gasteiger partial charge < -0.3 is 10.6 Å². The summed E-state index contributed by atoms with van der Waals surface area (Å²) in [5, 5.41) is 0. The first-order chi connectivity index (χ1) is 9.60. The van der Waals surface area contributed by atoms with E-state index in [9.17, 15) is 0 Å².